The van der Waals surface area contributed by atoms with E-state index in [9.17, 15) is 4.39 Å². The molecule has 0 amide bonds. The third kappa shape index (κ3) is 3.14. The molecule has 1 aromatic heterocycles. The van der Waals surface area contributed by atoms with Gasteiger partial charge in [-0.1, -0.05) is 0 Å². The van der Waals surface area contributed by atoms with Gasteiger partial charge in [0.15, 0.2) is 0 Å². The molecule has 0 bridgehead atoms. The smallest absolute Gasteiger partial charge is 0.141 e. The summed E-state index contributed by atoms with van der Waals surface area (Å²) in [5, 5.41) is 0. The van der Waals surface area contributed by atoms with Gasteiger partial charge in [0, 0.05) is 12.7 Å². The molecule has 0 aliphatic carbocycles. The van der Waals surface area contributed by atoms with Crippen LogP contribution in [0.2, 0.25) is 0 Å². The van der Waals surface area contributed by atoms with E-state index in [1.54, 1.807) is 25.3 Å². The summed E-state index contributed by atoms with van der Waals surface area (Å²) in [5.74, 6) is 0.226. The van der Waals surface area contributed by atoms with Gasteiger partial charge in [0.2, 0.25) is 0 Å². The van der Waals surface area contributed by atoms with Crippen LogP contribution >= 0.6 is 0 Å². The van der Waals surface area contributed by atoms with Crippen LogP contribution in [0, 0.1) is 6.92 Å². The number of nitrogens with zero attached hydrogens (tertiary/aromatic N) is 1. The van der Waals surface area contributed by atoms with Crippen molar-refractivity contribution in [2.24, 2.45) is 5.73 Å². The molecule has 0 aliphatic rings. The molecule has 0 aliphatic heterocycles. The highest BCUT2D eigenvalue weighted by Crippen LogP contribution is 2.14. The number of hydrogen-bond acceptors (Lipinski definition) is 3. The Labute approximate surface area is 82.4 Å². The zero-order valence-electron chi connectivity index (χ0n) is 8.03. The van der Waals surface area contributed by atoms with Crippen molar-refractivity contribution in [2.45, 2.75) is 6.92 Å². The topological polar surface area (TPSA) is 48.1 Å². The third-order valence-electron chi connectivity index (χ3n) is 1.66. The van der Waals surface area contributed by atoms with Crippen molar-refractivity contribution in [1.82, 2.24) is 4.98 Å². The van der Waals surface area contributed by atoms with Crippen LogP contribution in [0.4, 0.5) is 4.39 Å². The molecule has 0 fully saturated rings. The molecule has 1 rings (SSSR count). The van der Waals surface area contributed by atoms with Crippen molar-refractivity contribution >= 4 is 0 Å². The summed E-state index contributed by atoms with van der Waals surface area (Å²) in [7, 11) is 0. The van der Waals surface area contributed by atoms with Gasteiger partial charge >= 0.3 is 0 Å². The largest absolute Gasteiger partial charge is 0.485 e. The van der Waals surface area contributed by atoms with Gasteiger partial charge in [0.1, 0.15) is 18.2 Å². The van der Waals surface area contributed by atoms with Gasteiger partial charge in [-0.2, -0.15) is 0 Å². The second-order valence-corrected chi connectivity index (χ2v) is 2.76. The van der Waals surface area contributed by atoms with E-state index in [0.717, 1.165) is 5.69 Å². The van der Waals surface area contributed by atoms with Crippen LogP contribution in [0.3, 0.4) is 0 Å². The summed E-state index contributed by atoms with van der Waals surface area (Å²) in [4.78, 5) is 4.01. The molecular weight excluding hydrogens is 183 g/mol. The Morgan fingerprint density at radius 3 is 3.14 bits per heavy atom. The molecule has 2 N–H and O–H groups in total. The lowest BCUT2D eigenvalue weighted by molar-refractivity contribution is 0.315. The van der Waals surface area contributed by atoms with Crippen molar-refractivity contribution in [2.75, 3.05) is 13.2 Å². The SMILES string of the molecule is Cc1ncccc1OCC(F)=CCN. The summed E-state index contributed by atoms with van der Waals surface area (Å²) < 4.78 is 18.0. The average molecular weight is 196 g/mol. The maximum atomic E-state index is 12.9. The summed E-state index contributed by atoms with van der Waals surface area (Å²) >= 11 is 0. The molecule has 0 unspecified atom stereocenters. The van der Waals surface area contributed by atoms with Gasteiger partial charge in [0.25, 0.3) is 0 Å². The molecule has 76 valence electrons. The summed E-state index contributed by atoms with van der Waals surface area (Å²) in [5.41, 5.74) is 5.89. The Bertz CT molecular complexity index is 326. The van der Waals surface area contributed by atoms with Crippen LogP contribution in [0.25, 0.3) is 0 Å². The normalized spacial score (nSPS) is 11.5. The lowest BCUT2D eigenvalue weighted by atomic mass is 10.3. The Kier molecular flexibility index (Phi) is 4.07. The first kappa shape index (κ1) is 10.7. The number of ether oxygens (including phenoxy) is 1. The molecule has 0 radical (unpaired) electrons. The maximum Gasteiger partial charge on any atom is 0.141 e. The third-order valence-corrected chi connectivity index (χ3v) is 1.66. The van der Waals surface area contributed by atoms with Gasteiger partial charge in [-0.25, -0.2) is 4.39 Å². The Morgan fingerprint density at radius 1 is 1.71 bits per heavy atom. The number of rotatable bonds is 4. The predicted molar refractivity (Wildman–Crippen MR) is 52.7 cm³/mol. The van der Waals surface area contributed by atoms with E-state index in [-0.39, 0.29) is 19.0 Å². The van der Waals surface area contributed by atoms with Crippen LogP contribution < -0.4 is 10.5 Å². The summed E-state index contributed by atoms with van der Waals surface area (Å²) in [6.45, 7) is 1.89. The maximum absolute atomic E-state index is 12.9. The molecule has 4 heteroatoms. The number of aromatic nitrogens is 1. The van der Waals surface area contributed by atoms with Crippen molar-refractivity contribution in [3.05, 3.63) is 35.9 Å². The van der Waals surface area contributed by atoms with Crippen LogP contribution in [-0.4, -0.2) is 18.1 Å². The highest BCUT2D eigenvalue weighted by Gasteiger charge is 2.00. The Hall–Kier alpha value is -1.42. The molecule has 0 atom stereocenters. The van der Waals surface area contributed by atoms with Crippen LogP contribution in [0.5, 0.6) is 5.75 Å². The zero-order chi connectivity index (χ0) is 10.4. The Balaban J connectivity index is 2.54. The van der Waals surface area contributed by atoms with E-state index in [2.05, 4.69) is 4.98 Å². The fourth-order valence-electron chi connectivity index (χ4n) is 0.956. The first-order valence-electron chi connectivity index (χ1n) is 4.33. The molecule has 0 aromatic carbocycles. The second-order valence-electron chi connectivity index (χ2n) is 2.76. The van der Waals surface area contributed by atoms with Crippen molar-refractivity contribution in [1.29, 1.82) is 0 Å². The number of halogens is 1. The molecule has 3 nitrogen and oxygen atoms in total. The minimum Gasteiger partial charge on any atom is -0.485 e. The lowest BCUT2D eigenvalue weighted by Gasteiger charge is -2.06. The molecule has 1 aromatic rings. The molecule has 14 heavy (non-hydrogen) atoms. The van der Waals surface area contributed by atoms with Gasteiger partial charge in [0.05, 0.1) is 5.69 Å². The number of hydrogen-bond donors (Lipinski definition) is 1. The molecule has 0 saturated carbocycles. The number of nitrogens with two attached hydrogens (primary N) is 1. The first-order chi connectivity index (χ1) is 6.74. The molecule has 0 spiro atoms. The van der Waals surface area contributed by atoms with E-state index in [0.29, 0.717) is 5.75 Å². The standard InChI is InChI=1S/C10H13FN2O/c1-8-10(3-2-6-13-8)14-7-9(11)4-5-12/h2-4,6H,5,7,12H2,1H3. The fraction of sp³-hybridized carbons (Fsp3) is 0.300. The van der Waals surface area contributed by atoms with Crippen LogP contribution in [0.1, 0.15) is 5.69 Å². The fourth-order valence-corrected chi connectivity index (χ4v) is 0.956. The van der Waals surface area contributed by atoms with Gasteiger partial charge < -0.3 is 10.5 Å². The number of aryl methyl sites for hydroxylation is 1. The first-order valence-corrected chi connectivity index (χ1v) is 4.33. The quantitative estimate of drug-likeness (QED) is 0.795. The minimum atomic E-state index is -0.365. The van der Waals surface area contributed by atoms with E-state index in [1.807, 2.05) is 0 Å². The zero-order valence-corrected chi connectivity index (χ0v) is 8.03. The van der Waals surface area contributed by atoms with E-state index in [1.165, 1.54) is 6.08 Å². The van der Waals surface area contributed by atoms with Gasteiger partial charge in [-0.3, -0.25) is 4.98 Å². The van der Waals surface area contributed by atoms with Crippen LogP contribution in [-0.2, 0) is 0 Å². The van der Waals surface area contributed by atoms with E-state index in [4.69, 9.17) is 10.5 Å². The van der Waals surface area contributed by atoms with Crippen molar-refractivity contribution in [3.8, 4) is 5.75 Å². The summed E-state index contributed by atoms with van der Waals surface area (Å²) in [6, 6.07) is 3.49. The summed E-state index contributed by atoms with van der Waals surface area (Å²) in [6.07, 6.45) is 2.94. The van der Waals surface area contributed by atoms with Crippen molar-refractivity contribution in [3.63, 3.8) is 0 Å². The van der Waals surface area contributed by atoms with Gasteiger partial charge in [-0.05, 0) is 25.1 Å². The molecule has 0 saturated heterocycles. The minimum absolute atomic E-state index is 0.0935. The average Bonchev–Trinajstić information content (AvgIpc) is 2.17. The second kappa shape index (κ2) is 5.34. The lowest BCUT2D eigenvalue weighted by Crippen LogP contribution is -2.02. The van der Waals surface area contributed by atoms with E-state index < -0.39 is 0 Å². The Morgan fingerprint density at radius 2 is 2.50 bits per heavy atom. The monoisotopic (exact) mass is 196 g/mol. The number of pyridine rings is 1. The molecule has 1 heterocycles. The van der Waals surface area contributed by atoms with Crippen LogP contribution in [0.15, 0.2) is 30.2 Å². The highest BCUT2D eigenvalue weighted by atomic mass is 19.1. The highest BCUT2D eigenvalue weighted by molar-refractivity contribution is 5.25. The van der Waals surface area contributed by atoms with Gasteiger partial charge in [-0.15, -0.1) is 0 Å². The van der Waals surface area contributed by atoms with E-state index >= 15 is 0 Å². The molecular formula is C10H13FN2O. The predicted octanol–water partition coefficient (Wildman–Crippen LogP) is 1.58. The van der Waals surface area contributed by atoms with Crippen molar-refractivity contribution < 1.29 is 9.13 Å².